The van der Waals surface area contributed by atoms with Crippen LogP contribution in [0.2, 0.25) is 0 Å². The zero-order chi connectivity index (χ0) is 9.52. The normalized spacial score (nSPS) is 28.2. The van der Waals surface area contributed by atoms with E-state index in [1.54, 1.807) is 7.11 Å². The number of rotatable bonds is 6. The maximum Gasteiger partial charge on any atom is 0.0613 e. The molecule has 1 N–H and O–H groups in total. The zero-order valence-corrected chi connectivity index (χ0v) is 8.71. The number of hydrogen-bond acceptors (Lipinski definition) is 3. The molecule has 1 heterocycles. The Bertz CT molecular complexity index is 130. The van der Waals surface area contributed by atoms with Gasteiger partial charge in [-0.3, -0.25) is 0 Å². The molecule has 13 heavy (non-hydrogen) atoms. The third-order valence-corrected chi connectivity index (χ3v) is 2.64. The van der Waals surface area contributed by atoms with Gasteiger partial charge in [-0.2, -0.15) is 0 Å². The first-order valence-corrected chi connectivity index (χ1v) is 5.19. The number of nitrogens with one attached hydrogen (secondary N) is 1. The summed E-state index contributed by atoms with van der Waals surface area (Å²) in [7, 11) is 1.73. The Morgan fingerprint density at radius 1 is 1.54 bits per heavy atom. The molecule has 3 nitrogen and oxygen atoms in total. The van der Waals surface area contributed by atoms with E-state index in [0.29, 0.717) is 12.0 Å². The standard InChI is InChI=1S/C10H21NO2/c1-3-10-9(4-6-13-10)8-11-5-7-12-2/h9-11H,3-8H2,1-2H3. The van der Waals surface area contributed by atoms with Gasteiger partial charge in [0.2, 0.25) is 0 Å². The molecule has 0 aliphatic carbocycles. The molecule has 2 atom stereocenters. The third kappa shape index (κ3) is 3.63. The predicted molar refractivity (Wildman–Crippen MR) is 52.9 cm³/mol. The second-order valence-electron chi connectivity index (χ2n) is 3.56. The molecule has 0 aromatic carbocycles. The quantitative estimate of drug-likeness (QED) is 0.630. The maximum absolute atomic E-state index is 5.60. The van der Waals surface area contributed by atoms with Gasteiger partial charge < -0.3 is 14.8 Å². The van der Waals surface area contributed by atoms with Crippen LogP contribution in [0.1, 0.15) is 19.8 Å². The van der Waals surface area contributed by atoms with Gasteiger partial charge >= 0.3 is 0 Å². The van der Waals surface area contributed by atoms with Crippen LogP contribution in [0, 0.1) is 5.92 Å². The predicted octanol–water partition coefficient (Wildman–Crippen LogP) is 1.04. The van der Waals surface area contributed by atoms with Gasteiger partial charge in [-0.15, -0.1) is 0 Å². The molecule has 2 unspecified atom stereocenters. The van der Waals surface area contributed by atoms with Crippen molar-refractivity contribution in [1.29, 1.82) is 0 Å². The number of ether oxygens (including phenoxy) is 2. The average Bonchev–Trinajstić information content (AvgIpc) is 2.60. The summed E-state index contributed by atoms with van der Waals surface area (Å²) in [5.41, 5.74) is 0. The topological polar surface area (TPSA) is 30.5 Å². The largest absolute Gasteiger partial charge is 0.383 e. The Hall–Kier alpha value is -0.120. The van der Waals surface area contributed by atoms with Gasteiger partial charge in [0.15, 0.2) is 0 Å². The van der Waals surface area contributed by atoms with Crippen LogP contribution in [0.25, 0.3) is 0 Å². The Balaban J connectivity index is 2.06. The van der Waals surface area contributed by atoms with Gasteiger partial charge in [-0.25, -0.2) is 0 Å². The zero-order valence-electron chi connectivity index (χ0n) is 8.71. The first kappa shape index (κ1) is 11.0. The fraction of sp³-hybridized carbons (Fsp3) is 1.00. The minimum absolute atomic E-state index is 0.482. The lowest BCUT2D eigenvalue weighted by atomic mass is 10.00. The minimum Gasteiger partial charge on any atom is -0.383 e. The molecule has 0 aromatic heterocycles. The molecule has 1 rings (SSSR count). The van der Waals surface area contributed by atoms with E-state index >= 15 is 0 Å². The van der Waals surface area contributed by atoms with Gasteiger partial charge in [0.05, 0.1) is 12.7 Å². The number of hydrogen-bond donors (Lipinski definition) is 1. The van der Waals surface area contributed by atoms with E-state index in [9.17, 15) is 0 Å². The van der Waals surface area contributed by atoms with Crippen molar-refractivity contribution in [2.24, 2.45) is 5.92 Å². The highest BCUT2D eigenvalue weighted by atomic mass is 16.5. The van der Waals surface area contributed by atoms with Crippen LogP contribution in [0.4, 0.5) is 0 Å². The summed E-state index contributed by atoms with van der Waals surface area (Å²) in [4.78, 5) is 0. The molecule has 1 aliphatic heterocycles. The van der Waals surface area contributed by atoms with E-state index in [0.717, 1.165) is 32.7 Å². The maximum atomic E-state index is 5.60. The molecule has 0 aromatic rings. The van der Waals surface area contributed by atoms with Crippen molar-refractivity contribution in [2.45, 2.75) is 25.9 Å². The van der Waals surface area contributed by atoms with Crippen LogP contribution in [0.3, 0.4) is 0 Å². The molecular formula is C10H21NO2. The molecular weight excluding hydrogens is 166 g/mol. The Morgan fingerprint density at radius 2 is 2.38 bits per heavy atom. The van der Waals surface area contributed by atoms with Crippen LogP contribution in [0.15, 0.2) is 0 Å². The fourth-order valence-corrected chi connectivity index (χ4v) is 1.84. The summed E-state index contributed by atoms with van der Waals surface area (Å²) in [6.07, 6.45) is 2.82. The van der Waals surface area contributed by atoms with Crippen LogP contribution in [-0.4, -0.2) is 39.5 Å². The van der Waals surface area contributed by atoms with Crippen LogP contribution >= 0.6 is 0 Å². The van der Waals surface area contributed by atoms with E-state index in [-0.39, 0.29) is 0 Å². The van der Waals surface area contributed by atoms with Crippen LogP contribution in [-0.2, 0) is 9.47 Å². The molecule has 0 saturated carbocycles. The Morgan fingerprint density at radius 3 is 3.08 bits per heavy atom. The highest BCUT2D eigenvalue weighted by Crippen LogP contribution is 2.22. The van der Waals surface area contributed by atoms with Crippen molar-refractivity contribution in [3.8, 4) is 0 Å². The lowest BCUT2D eigenvalue weighted by molar-refractivity contribution is 0.0867. The summed E-state index contributed by atoms with van der Waals surface area (Å²) in [5.74, 6) is 0.710. The monoisotopic (exact) mass is 187 g/mol. The average molecular weight is 187 g/mol. The smallest absolute Gasteiger partial charge is 0.0613 e. The molecule has 0 spiro atoms. The summed E-state index contributed by atoms with van der Waals surface area (Å²) < 4.78 is 10.6. The van der Waals surface area contributed by atoms with Crippen molar-refractivity contribution in [1.82, 2.24) is 5.32 Å². The van der Waals surface area contributed by atoms with Crippen molar-refractivity contribution >= 4 is 0 Å². The molecule has 1 aliphatic rings. The molecule has 0 amide bonds. The highest BCUT2D eigenvalue weighted by molar-refractivity contribution is 4.76. The van der Waals surface area contributed by atoms with Crippen molar-refractivity contribution < 1.29 is 9.47 Å². The van der Waals surface area contributed by atoms with Gasteiger partial charge in [0.25, 0.3) is 0 Å². The van der Waals surface area contributed by atoms with Crippen molar-refractivity contribution in [2.75, 3.05) is 33.4 Å². The first-order chi connectivity index (χ1) is 6.38. The third-order valence-electron chi connectivity index (χ3n) is 2.64. The van der Waals surface area contributed by atoms with Gasteiger partial charge in [0.1, 0.15) is 0 Å². The van der Waals surface area contributed by atoms with Gasteiger partial charge in [0, 0.05) is 26.8 Å². The summed E-state index contributed by atoms with van der Waals surface area (Å²) in [5, 5.41) is 3.39. The van der Waals surface area contributed by atoms with E-state index in [2.05, 4.69) is 12.2 Å². The van der Waals surface area contributed by atoms with E-state index in [1.807, 2.05) is 0 Å². The van der Waals surface area contributed by atoms with E-state index in [1.165, 1.54) is 6.42 Å². The Kier molecular flexibility index (Phi) is 5.35. The number of methoxy groups -OCH3 is 1. The highest BCUT2D eigenvalue weighted by Gasteiger charge is 2.25. The van der Waals surface area contributed by atoms with E-state index < -0.39 is 0 Å². The molecule has 78 valence electrons. The SMILES string of the molecule is CCC1OCCC1CNCCOC. The fourth-order valence-electron chi connectivity index (χ4n) is 1.84. The van der Waals surface area contributed by atoms with Gasteiger partial charge in [-0.05, 0) is 18.8 Å². The van der Waals surface area contributed by atoms with Gasteiger partial charge in [-0.1, -0.05) is 6.92 Å². The summed E-state index contributed by atoms with van der Waals surface area (Å²) in [6.45, 7) is 5.95. The van der Waals surface area contributed by atoms with Crippen molar-refractivity contribution in [3.05, 3.63) is 0 Å². The lowest BCUT2D eigenvalue weighted by Crippen LogP contribution is -2.30. The van der Waals surface area contributed by atoms with E-state index in [4.69, 9.17) is 9.47 Å². The van der Waals surface area contributed by atoms with Crippen molar-refractivity contribution in [3.63, 3.8) is 0 Å². The first-order valence-electron chi connectivity index (χ1n) is 5.19. The minimum atomic E-state index is 0.482. The molecule has 3 heteroatoms. The summed E-state index contributed by atoms with van der Waals surface area (Å²) >= 11 is 0. The second kappa shape index (κ2) is 6.35. The molecule has 0 radical (unpaired) electrons. The molecule has 1 saturated heterocycles. The molecule has 1 fully saturated rings. The lowest BCUT2D eigenvalue weighted by Gasteiger charge is -2.16. The summed E-state index contributed by atoms with van der Waals surface area (Å²) in [6, 6.07) is 0. The molecule has 0 bridgehead atoms. The Labute approximate surface area is 80.8 Å². The van der Waals surface area contributed by atoms with Crippen LogP contribution < -0.4 is 5.32 Å². The van der Waals surface area contributed by atoms with Crippen LogP contribution in [0.5, 0.6) is 0 Å². The second-order valence-corrected chi connectivity index (χ2v) is 3.56.